The van der Waals surface area contributed by atoms with Gasteiger partial charge in [-0.25, -0.2) is 19.3 Å². The predicted octanol–water partition coefficient (Wildman–Crippen LogP) is 0.467. The highest BCUT2D eigenvalue weighted by molar-refractivity contribution is 5.95. The van der Waals surface area contributed by atoms with E-state index < -0.39 is 5.97 Å². The van der Waals surface area contributed by atoms with E-state index in [-0.39, 0.29) is 17.2 Å². The van der Waals surface area contributed by atoms with E-state index in [1.54, 1.807) is 18.6 Å². The Morgan fingerprint density at radius 1 is 1.26 bits per heavy atom. The van der Waals surface area contributed by atoms with Crippen molar-refractivity contribution in [2.45, 2.75) is 0 Å². The maximum Gasteiger partial charge on any atom is 0.339 e. The Kier molecular flexibility index (Phi) is 2.34. The van der Waals surface area contributed by atoms with Crippen LogP contribution in [0.4, 0.5) is 5.95 Å². The first-order valence-corrected chi connectivity index (χ1v) is 5.30. The van der Waals surface area contributed by atoms with E-state index in [0.29, 0.717) is 11.1 Å². The number of nitrogen functional groups attached to an aromatic ring is 1. The van der Waals surface area contributed by atoms with Crippen molar-refractivity contribution in [2.75, 3.05) is 5.73 Å². The second kappa shape index (κ2) is 4.02. The summed E-state index contributed by atoms with van der Waals surface area (Å²) in [6, 6.07) is 1.49. The van der Waals surface area contributed by atoms with Crippen LogP contribution in [0.25, 0.3) is 16.8 Å². The molecule has 0 spiro atoms. The van der Waals surface area contributed by atoms with Gasteiger partial charge in [-0.1, -0.05) is 0 Å². The van der Waals surface area contributed by atoms with Gasteiger partial charge in [0, 0.05) is 29.7 Å². The lowest BCUT2D eigenvalue weighted by Gasteiger charge is -2.03. The van der Waals surface area contributed by atoms with E-state index in [9.17, 15) is 9.90 Å². The molecule has 0 saturated heterocycles. The van der Waals surface area contributed by atoms with Gasteiger partial charge in [0.25, 0.3) is 0 Å². The first-order chi connectivity index (χ1) is 9.15. The molecule has 0 amide bonds. The van der Waals surface area contributed by atoms with Crippen LogP contribution in [0.3, 0.4) is 0 Å². The van der Waals surface area contributed by atoms with E-state index in [0.717, 1.165) is 0 Å². The molecule has 0 fully saturated rings. The highest BCUT2D eigenvalue weighted by atomic mass is 16.4. The normalized spacial score (nSPS) is 10.7. The second-order valence-corrected chi connectivity index (χ2v) is 3.81. The topological polar surface area (TPSA) is 119 Å². The lowest BCUT2D eigenvalue weighted by atomic mass is 10.1. The fourth-order valence-corrected chi connectivity index (χ4v) is 1.77. The summed E-state index contributed by atoms with van der Waals surface area (Å²) < 4.78 is 1.33. The maximum absolute atomic E-state index is 11.3. The quantitative estimate of drug-likeness (QED) is 0.683. The van der Waals surface area contributed by atoms with Gasteiger partial charge in [-0.15, -0.1) is 5.10 Å². The summed E-state index contributed by atoms with van der Waals surface area (Å²) in [6.07, 6.45) is 6.19. The third kappa shape index (κ3) is 1.84. The SMILES string of the molecule is Nc1nc2c(C(=O)O)cc(-c3cncnc3)cn2n1. The molecular weight excluding hydrogens is 248 g/mol. The Labute approximate surface area is 106 Å². The van der Waals surface area contributed by atoms with E-state index in [2.05, 4.69) is 20.1 Å². The molecule has 0 atom stereocenters. The van der Waals surface area contributed by atoms with Gasteiger partial charge in [0.1, 0.15) is 11.9 Å². The van der Waals surface area contributed by atoms with Gasteiger partial charge in [0.2, 0.25) is 5.95 Å². The summed E-state index contributed by atoms with van der Waals surface area (Å²) in [5.41, 5.74) is 7.01. The summed E-state index contributed by atoms with van der Waals surface area (Å²) in [5, 5.41) is 13.1. The number of carboxylic acids is 1. The minimum Gasteiger partial charge on any atom is -0.478 e. The number of carbonyl (C=O) groups is 1. The molecule has 0 saturated carbocycles. The minimum atomic E-state index is -1.10. The Morgan fingerprint density at radius 2 is 2.00 bits per heavy atom. The molecule has 0 unspecified atom stereocenters. The molecular formula is C11H8N6O2. The van der Waals surface area contributed by atoms with Crippen LogP contribution in [-0.2, 0) is 0 Å². The Bertz CT molecular complexity index is 767. The molecule has 3 rings (SSSR count). The number of nitrogens with two attached hydrogens (primary N) is 1. The number of rotatable bonds is 2. The Hall–Kier alpha value is -3.03. The molecule has 8 heteroatoms. The van der Waals surface area contributed by atoms with Crippen molar-refractivity contribution in [3.63, 3.8) is 0 Å². The zero-order valence-electron chi connectivity index (χ0n) is 9.56. The summed E-state index contributed by atoms with van der Waals surface area (Å²) in [5.74, 6) is -1.08. The number of pyridine rings is 1. The summed E-state index contributed by atoms with van der Waals surface area (Å²) in [6.45, 7) is 0. The smallest absolute Gasteiger partial charge is 0.339 e. The van der Waals surface area contributed by atoms with Crippen LogP contribution in [0.2, 0.25) is 0 Å². The Morgan fingerprint density at radius 3 is 2.68 bits per heavy atom. The van der Waals surface area contributed by atoms with Crippen molar-refractivity contribution in [3.05, 3.63) is 36.5 Å². The third-order valence-corrected chi connectivity index (χ3v) is 2.57. The van der Waals surface area contributed by atoms with Crippen LogP contribution < -0.4 is 5.73 Å². The number of aromatic nitrogens is 5. The minimum absolute atomic E-state index is 0.0176. The van der Waals surface area contributed by atoms with Crippen molar-refractivity contribution in [2.24, 2.45) is 0 Å². The molecule has 94 valence electrons. The maximum atomic E-state index is 11.3. The first-order valence-electron chi connectivity index (χ1n) is 5.30. The number of carboxylic acid groups (broad SMARTS) is 1. The average Bonchev–Trinajstić information content (AvgIpc) is 2.78. The zero-order valence-corrected chi connectivity index (χ0v) is 9.56. The Balaban J connectivity index is 2.30. The van der Waals surface area contributed by atoms with Gasteiger partial charge in [-0.05, 0) is 6.07 Å². The van der Waals surface area contributed by atoms with Crippen molar-refractivity contribution in [1.82, 2.24) is 24.6 Å². The van der Waals surface area contributed by atoms with Gasteiger partial charge in [0.15, 0.2) is 5.65 Å². The third-order valence-electron chi connectivity index (χ3n) is 2.57. The number of fused-ring (bicyclic) bond motifs is 1. The van der Waals surface area contributed by atoms with E-state index >= 15 is 0 Å². The molecule has 0 radical (unpaired) electrons. The summed E-state index contributed by atoms with van der Waals surface area (Å²) >= 11 is 0. The van der Waals surface area contributed by atoms with E-state index in [4.69, 9.17) is 5.73 Å². The highest BCUT2D eigenvalue weighted by Gasteiger charge is 2.15. The van der Waals surface area contributed by atoms with Crippen LogP contribution in [0.1, 0.15) is 10.4 Å². The lowest BCUT2D eigenvalue weighted by Crippen LogP contribution is -2.02. The van der Waals surface area contributed by atoms with E-state index in [1.165, 1.54) is 16.9 Å². The van der Waals surface area contributed by atoms with Gasteiger partial charge >= 0.3 is 5.97 Å². The predicted molar refractivity (Wildman–Crippen MR) is 65.4 cm³/mol. The molecule has 0 aliphatic heterocycles. The van der Waals surface area contributed by atoms with Crippen molar-refractivity contribution >= 4 is 17.6 Å². The highest BCUT2D eigenvalue weighted by Crippen LogP contribution is 2.21. The molecule has 0 aromatic carbocycles. The summed E-state index contributed by atoms with van der Waals surface area (Å²) in [7, 11) is 0. The molecule has 8 nitrogen and oxygen atoms in total. The van der Waals surface area contributed by atoms with Crippen LogP contribution in [0.15, 0.2) is 31.0 Å². The molecule has 3 aromatic heterocycles. The van der Waals surface area contributed by atoms with Crippen LogP contribution in [0, 0.1) is 0 Å². The first kappa shape index (κ1) is 11.1. The molecule has 3 N–H and O–H groups in total. The number of anilines is 1. The number of aromatic carboxylic acids is 1. The molecule has 0 aliphatic rings. The largest absolute Gasteiger partial charge is 0.478 e. The van der Waals surface area contributed by atoms with Gasteiger partial charge in [0.05, 0.1) is 0 Å². The molecule has 0 aliphatic carbocycles. The van der Waals surface area contributed by atoms with Crippen molar-refractivity contribution in [3.8, 4) is 11.1 Å². The van der Waals surface area contributed by atoms with Gasteiger partial charge in [-0.3, -0.25) is 0 Å². The van der Waals surface area contributed by atoms with Crippen LogP contribution in [-0.4, -0.2) is 35.6 Å². The van der Waals surface area contributed by atoms with Crippen LogP contribution >= 0.6 is 0 Å². The standard InChI is InChI=1S/C11H8N6O2/c12-11-15-9-8(10(18)19)1-6(4-17(9)16-11)7-2-13-5-14-3-7/h1-5H,(H2,12,16)(H,18,19). The fourth-order valence-electron chi connectivity index (χ4n) is 1.77. The zero-order chi connectivity index (χ0) is 13.4. The molecule has 3 heterocycles. The van der Waals surface area contributed by atoms with Crippen LogP contribution in [0.5, 0.6) is 0 Å². The van der Waals surface area contributed by atoms with Crippen molar-refractivity contribution in [1.29, 1.82) is 0 Å². The van der Waals surface area contributed by atoms with Crippen molar-refractivity contribution < 1.29 is 9.90 Å². The average molecular weight is 256 g/mol. The number of hydrogen-bond donors (Lipinski definition) is 2. The van der Waals surface area contributed by atoms with E-state index in [1.807, 2.05) is 0 Å². The molecule has 0 bridgehead atoms. The fraction of sp³-hybridized carbons (Fsp3) is 0. The summed E-state index contributed by atoms with van der Waals surface area (Å²) in [4.78, 5) is 22.9. The molecule has 19 heavy (non-hydrogen) atoms. The lowest BCUT2D eigenvalue weighted by molar-refractivity contribution is 0.0698. The number of nitrogens with zero attached hydrogens (tertiary/aromatic N) is 5. The molecule has 3 aromatic rings. The second-order valence-electron chi connectivity index (χ2n) is 3.81. The van der Waals surface area contributed by atoms with Gasteiger partial charge in [-0.2, -0.15) is 4.98 Å². The monoisotopic (exact) mass is 256 g/mol. The van der Waals surface area contributed by atoms with Gasteiger partial charge < -0.3 is 10.8 Å². The number of hydrogen-bond acceptors (Lipinski definition) is 6.